The van der Waals surface area contributed by atoms with E-state index in [2.05, 4.69) is 4.90 Å². The summed E-state index contributed by atoms with van der Waals surface area (Å²) >= 11 is 0. The molecule has 0 bridgehead atoms. The maximum Gasteiger partial charge on any atom is 0.360 e. The normalized spacial score (nSPS) is 24.9. The van der Waals surface area contributed by atoms with Gasteiger partial charge in [-0.3, -0.25) is 9.69 Å². The summed E-state index contributed by atoms with van der Waals surface area (Å²) < 4.78 is 5.50. The summed E-state index contributed by atoms with van der Waals surface area (Å²) in [7, 11) is 0. The first-order valence-electron chi connectivity index (χ1n) is 10.9. The van der Waals surface area contributed by atoms with Crippen molar-refractivity contribution in [1.29, 1.82) is 0 Å². The molecule has 6 nitrogen and oxygen atoms in total. The monoisotopic (exact) mass is 396 g/mol. The number of piperidine rings is 1. The molecule has 29 heavy (non-hydrogen) atoms. The Morgan fingerprint density at radius 1 is 1.10 bits per heavy atom. The number of nitrogens with zero attached hydrogens (tertiary/aromatic N) is 2. The average Bonchev–Trinajstić information content (AvgIpc) is 2.74. The van der Waals surface area contributed by atoms with E-state index in [-0.39, 0.29) is 11.7 Å². The van der Waals surface area contributed by atoms with E-state index in [1.54, 1.807) is 17.0 Å². The van der Waals surface area contributed by atoms with Crippen LogP contribution in [0.4, 0.5) is 5.69 Å². The molecular weight excluding hydrogens is 368 g/mol. The maximum atomic E-state index is 13.3. The van der Waals surface area contributed by atoms with Crippen LogP contribution in [0, 0.1) is 5.92 Å². The number of anilines is 1. The van der Waals surface area contributed by atoms with Gasteiger partial charge in [-0.05, 0) is 74.8 Å². The number of benzene rings is 1. The molecule has 1 aromatic heterocycles. The lowest BCUT2D eigenvalue weighted by atomic mass is 9.78. The zero-order valence-corrected chi connectivity index (χ0v) is 16.7. The van der Waals surface area contributed by atoms with Gasteiger partial charge in [0.2, 0.25) is 5.91 Å². The second-order valence-corrected chi connectivity index (χ2v) is 8.77. The quantitative estimate of drug-likeness (QED) is 0.788. The Kier molecular flexibility index (Phi) is 4.82. The molecule has 1 saturated carbocycles. The summed E-state index contributed by atoms with van der Waals surface area (Å²) in [6.45, 7) is 1.88. The number of hydrogen-bond donors (Lipinski definition) is 1. The lowest BCUT2D eigenvalue weighted by molar-refractivity contribution is -0.121. The number of likely N-dealkylation sites (tertiary alicyclic amines) is 1. The van der Waals surface area contributed by atoms with Crippen LogP contribution in [0.25, 0.3) is 11.0 Å². The SMILES string of the molecule is O=C(CN1CCC[C@H]2CCCC[C@H]21)N1CCCc2c1c(=O)oc1ccc(O)cc21. The zero-order chi connectivity index (χ0) is 20.0. The molecule has 2 aromatic rings. The Bertz CT molecular complexity index is 996. The van der Waals surface area contributed by atoms with Gasteiger partial charge in [0.1, 0.15) is 17.0 Å². The summed E-state index contributed by atoms with van der Waals surface area (Å²) in [5.74, 6) is 0.841. The maximum absolute atomic E-state index is 13.3. The number of amides is 1. The molecule has 154 valence electrons. The van der Waals surface area contributed by atoms with Crippen LogP contribution in [-0.4, -0.2) is 41.6 Å². The third-order valence-corrected chi connectivity index (χ3v) is 7.05. The summed E-state index contributed by atoms with van der Waals surface area (Å²) in [4.78, 5) is 30.1. The van der Waals surface area contributed by atoms with Crippen molar-refractivity contribution in [2.75, 3.05) is 24.5 Å². The molecule has 3 heterocycles. The van der Waals surface area contributed by atoms with Gasteiger partial charge in [-0.25, -0.2) is 4.79 Å². The second kappa shape index (κ2) is 7.48. The second-order valence-electron chi connectivity index (χ2n) is 8.77. The molecule has 1 saturated heterocycles. The topological polar surface area (TPSA) is 74.0 Å². The third kappa shape index (κ3) is 3.33. The Hall–Kier alpha value is -2.34. The van der Waals surface area contributed by atoms with Crippen LogP contribution in [0.2, 0.25) is 0 Å². The minimum absolute atomic E-state index is 0.0102. The van der Waals surface area contributed by atoms with Gasteiger partial charge in [-0.2, -0.15) is 0 Å². The van der Waals surface area contributed by atoms with E-state index in [4.69, 9.17) is 4.42 Å². The number of carbonyl (C=O) groups excluding carboxylic acids is 1. The fourth-order valence-electron chi connectivity index (χ4n) is 5.73. The van der Waals surface area contributed by atoms with Crippen molar-refractivity contribution in [3.63, 3.8) is 0 Å². The molecule has 1 aliphatic carbocycles. The Morgan fingerprint density at radius 2 is 1.93 bits per heavy atom. The summed E-state index contributed by atoms with van der Waals surface area (Å²) in [5, 5.41) is 10.6. The van der Waals surface area contributed by atoms with Gasteiger partial charge in [0, 0.05) is 18.0 Å². The van der Waals surface area contributed by atoms with Gasteiger partial charge in [0.15, 0.2) is 0 Å². The number of hydrogen-bond acceptors (Lipinski definition) is 5. The lowest BCUT2D eigenvalue weighted by Crippen LogP contribution is -2.52. The highest BCUT2D eigenvalue weighted by Gasteiger charge is 2.36. The van der Waals surface area contributed by atoms with E-state index in [0.29, 0.717) is 36.8 Å². The molecule has 3 aliphatic rings. The van der Waals surface area contributed by atoms with Gasteiger partial charge < -0.3 is 14.4 Å². The van der Waals surface area contributed by atoms with Gasteiger partial charge in [0.25, 0.3) is 0 Å². The van der Waals surface area contributed by atoms with Crippen molar-refractivity contribution in [3.05, 3.63) is 34.2 Å². The van der Waals surface area contributed by atoms with Gasteiger partial charge in [0.05, 0.1) is 6.54 Å². The Morgan fingerprint density at radius 3 is 2.83 bits per heavy atom. The molecule has 1 aromatic carbocycles. The standard InChI is InChI=1S/C23H28N2O4/c26-16-9-10-20-18(13-16)17-7-4-12-25(22(17)23(28)29-20)21(27)14-24-11-3-6-15-5-1-2-8-19(15)24/h9-10,13,15,19,26H,1-8,11-12,14H2/t15-,19-/m1/s1. The number of phenols is 1. The van der Waals surface area contributed by atoms with Gasteiger partial charge >= 0.3 is 5.63 Å². The predicted molar refractivity (Wildman–Crippen MR) is 111 cm³/mol. The molecule has 5 rings (SSSR count). The molecule has 6 heteroatoms. The average molecular weight is 396 g/mol. The highest BCUT2D eigenvalue weighted by Crippen LogP contribution is 2.36. The zero-order valence-electron chi connectivity index (χ0n) is 16.7. The summed E-state index contributed by atoms with van der Waals surface area (Å²) in [5.41, 5.74) is 1.19. The van der Waals surface area contributed by atoms with Crippen LogP contribution in [0.15, 0.2) is 27.4 Å². The van der Waals surface area contributed by atoms with Crippen LogP contribution in [0.5, 0.6) is 5.75 Å². The molecule has 2 aliphatic heterocycles. The molecule has 2 atom stereocenters. The van der Waals surface area contributed by atoms with Crippen molar-refractivity contribution < 1.29 is 14.3 Å². The van der Waals surface area contributed by atoms with Crippen LogP contribution in [-0.2, 0) is 11.2 Å². The Balaban J connectivity index is 1.45. The number of carbonyl (C=O) groups is 1. The van der Waals surface area contributed by atoms with E-state index in [1.807, 2.05) is 0 Å². The predicted octanol–water partition coefficient (Wildman–Crippen LogP) is 3.43. The first kappa shape index (κ1) is 18.7. The fraction of sp³-hybridized carbons (Fsp3) is 0.565. The van der Waals surface area contributed by atoms with E-state index < -0.39 is 5.63 Å². The van der Waals surface area contributed by atoms with E-state index in [1.165, 1.54) is 38.2 Å². The van der Waals surface area contributed by atoms with E-state index >= 15 is 0 Å². The van der Waals surface area contributed by atoms with Crippen LogP contribution in [0.1, 0.15) is 50.5 Å². The van der Waals surface area contributed by atoms with Crippen LogP contribution in [0.3, 0.4) is 0 Å². The minimum Gasteiger partial charge on any atom is -0.508 e. The summed E-state index contributed by atoms with van der Waals surface area (Å²) in [6, 6.07) is 5.27. The first-order valence-corrected chi connectivity index (χ1v) is 10.9. The van der Waals surface area contributed by atoms with E-state index in [9.17, 15) is 14.7 Å². The number of phenolic OH excluding ortho intramolecular Hbond substituents is 1. The number of rotatable bonds is 2. The smallest absolute Gasteiger partial charge is 0.360 e. The van der Waals surface area contributed by atoms with Crippen LogP contribution < -0.4 is 10.5 Å². The fourth-order valence-corrected chi connectivity index (χ4v) is 5.73. The highest BCUT2D eigenvalue weighted by molar-refractivity contribution is 5.98. The molecule has 2 fully saturated rings. The molecule has 1 amide bonds. The van der Waals surface area contributed by atoms with Crippen molar-refractivity contribution in [1.82, 2.24) is 4.90 Å². The molecule has 0 radical (unpaired) electrons. The molecular formula is C23H28N2O4. The summed E-state index contributed by atoms with van der Waals surface area (Å²) in [6.07, 6.45) is 8.96. The number of aryl methyl sites for hydroxylation is 1. The first-order chi connectivity index (χ1) is 14.1. The number of aromatic hydroxyl groups is 1. The minimum atomic E-state index is -0.458. The largest absolute Gasteiger partial charge is 0.508 e. The van der Waals surface area contributed by atoms with Gasteiger partial charge in [-0.1, -0.05) is 12.8 Å². The number of fused-ring (bicyclic) bond motifs is 4. The third-order valence-electron chi connectivity index (χ3n) is 7.05. The van der Waals surface area contributed by atoms with Crippen molar-refractivity contribution in [3.8, 4) is 5.75 Å². The molecule has 1 N–H and O–H groups in total. The molecule has 0 unspecified atom stereocenters. The van der Waals surface area contributed by atoms with Crippen molar-refractivity contribution >= 4 is 22.6 Å². The van der Waals surface area contributed by atoms with Crippen LogP contribution >= 0.6 is 0 Å². The van der Waals surface area contributed by atoms with Gasteiger partial charge in [-0.15, -0.1) is 0 Å². The van der Waals surface area contributed by atoms with Crippen molar-refractivity contribution in [2.24, 2.45) is 5.92 Å². The highest BCUT2D eigenvalue weighted by atomic mass is 16.4. The van der Waals surface area contributed by atoms with E-state index in [0.717, 1.165) is 36.3 Å². The lowest BCUT2D eigenvalue weighted by Gasteiger charge is -2.44. The molecule has 0 spiro atoms. The Labute approximate surface area is 170 Å². The van der Waals surface area contributed by atoms with Crippen molar-refractivity contribution in [2.45, 2.75) is 57.4 Å².